The number of nitriles is 1. The largest absolute Gasteiger partial charge is 0.326 e. The summed E-state index contributed by atoms with van der Waals surface area (Å²) in [5, 5.41) is 11.7. The van der Waals surface area contributed by atoms with E-state index in [1.54, 1.807) is 0 Å². The molecule has 3 heteroatoms. The molecule has 1 N–H and O–H groups in total. The molecule has 1 fully saturated rings. The van der Waals surface area contributed by atoms with Crippen molar-refractivity contribution in [1.29, 1.82) is 5.26 Å². The molecule has 118 valence electrons. The highest BCUT2D eigenvalue weighted by atomic mass is 16.2. The monoisotopic (exact) mass is 298 g/mol. The fourth-order valence-corrected chi connectivity index (χ4v) is 3.25. The average Bonchev–Trinajstić information content (AvgIpc) is 2.50. The van der Waals surface area contributed by atoms with Crippen LogP contribution in [0.2, 0.25) is 0 Å². The van der Waals surface area contributed by atoms with Crippen LogP contribution in [0.5, 0.6) is 0 Å². The third-order valence-corrected chi connectivity index (χ3v) is 5.12. The van der Waals surface area contributed by atoms with Crippen LogP contribution in [0.1, 0.15) is 52.0 Å². The zero-order chi connectivity index (χ0) is 16.2. The van der Waals surface area contributed by atoms with E-state index in [-0.39, 0.29) is 11.3 Å². The van der Waals surface area contributed by atoms with Gasteiger partial charge in [-0.1, -0.05) is 32.9 Å². The lowest BCUT2D eigenvalue weighted by atomic mass is 9.68. The first-order valence-electron chi connectivity index (χ1n) is 8.22. The van der Waals surface area contributed by atoms with Gasteiger partial charge in [0.15, 0.2) is 0 Å². The van der Waals surface area contributed by atoms with Crippen molar-refractivity contribution in [1.82, 2.24) is 0 Å². The number of rotatable bonds is 4. The third-order valence-electron chi connectivity index (χ3n) is 5.12. The summed E-state index contributed by atoms with van der Waals surface area (Å²) in [4.78, 5) is 12.6. The number of nitrogens with zero attached hydrogens (tertiary/aromatic N) is 1. The SMILES string of the molecule is CC(C)C1CCC(C)(C(=O)Nc2ccc(CC#N)cc2)CC1. The van der Waals surface area contributed by atoms with E-state index in [9.17, 15) is 4.79 Å². The Balaban J connectivity index is 1.95. The lowest BCUT2D eigenvalue weighted by molar-refractivity contribution is -0.127. The average molecular weight is 298 g/mol. The second-order valence-electron chi connectivity index (χ2n) is 7.13. The van der Waals surface area contributed by atoms with E-state index in [4.69, 9.17) is 5.26 Å². The van der Waals surface area contributed by atoms with Crippen LogP contribution in [0.4, 0.5) is 5.69 Å². The highest BCUT2D eigenvalue weighted by Crippen LogP contribution is 2.41. The Morgan fingerprint density at radius 3 is 2.41 bits per heavy atom. The Morgan fingerprint density at radius 1 is 1.32 bits per heavy atom. The van der Waals surface area contributed by atoms with Crippen LogP contribution in [0.3, 0.4) is 0 Å². The molecule has 1 saturated carbocycles. The zero-order valence-electron chi connectivity index (χ0n) is 13.9. The van der Waals surface area contributed by atoms with Crippen molar-refractivity contribution in [3.63, 3.8) is 0 Å². The Morgan fingerprint density at radius 2 is 1.91 bits per heavy atom. The maximum Gasteiger partial charge on any atom is 0.230 e. The molecule has 0 bridgehead atoms. The van der Waals surface area contributed by atoms with Crippen molar-refractivity contribution in [2.75, 3.05) is 5.32 Å². The van der Waals surface area contributed by atoms with Crippen LogP contribution in [0.15, 0.2) is 24.3 Å². The van der Waals surface area contributed by atoms with Gasteiger partial charge in [-0.15, -0.1) is 0 Å². The first-order valence-corrected chi connectivity index (χ1v) is 8.22. The van der Waals surface area contributed by atoms with Gasteiger partial charge in [0.2, 0.25) is 5.91 Å². The summed E-state index contributed by atoms with van der Waals surface area (Å²) in [5.41, 5.74) is 1.54. The van der Waals surface area contributed by atoms with E-state index in [2.05, 4.69) is 32.2 Å². The van der Waals surface area contributed by atoms with Gasteiger partial charge in [0.1, 0.15) is 0 Å². The normalized spacial score (nSPS) is 24.8. The van der Waals surface area contributed by atoms with Crippen molar-refractivity contribution in [2.45, 2.75) is 52.9 Å². The summed E-state index contributed by atoms with van der Waals surface area (Å²) < 4.78 is 0. The predicted octanol–water partition coefficient (Wildman–Crippen LogP) is 4.54. The summed E-state index contributed by atoms with van der Waals surface area (Å²) in [5.74, 6) is 1.59. The number of hydrogen-bond donors (Lipinski definition) is 1. The van der Waals surface area contributed by atoms with Gasteiger partial charge in [-0.05, 0) is 55.2 Å². The van der Waals surface area contributed by atoms with Gasteiger partial charge in [0.05, 0.1) is 12.5 Å². The molecule has 0 aromatic heterocycles. The van der Waals surface area contributed by atoms with Crippen molar-refractivity contribution in [3.8, 4) is 6.07 Å². The number of amides is 1. The maximum atomic E-state index is 12.6. The summed E-state index contributed by atoms with van der Waals surface area (Å²) >= 11 is 0. The van der Waals surface area contributed by atoms with Crippen molar-refractivity contribution < 1.29 is 4.79 Å². The lowest BCUT2D eigenvalue weighted by Gasteiger charge is -2.37. The van der Waals surface area contributed by atoms with Gasteiger partial charge in [0.25, 0.3) is 0 Å². The molecular weight excluding hydrogens is 272 g/mol. The van der Waals surface area contributed by atoms with Gasteiger partial charge in [-0.2, -0.15) is 5.26 Å². The van der Waals surface area contributed by atoms with Gasteiger partial charge in [0, 0.05) is 11.1 Å². The molecule has 1 aliphatic carbocycles. The molecule has 22 heavy (non-hydrogen) atoms. The van der Waals surface area contributed by atoms with E-state index < -0.39 is 0 Å². The van der Waals surface area contributed by atoms with Crippen LogP contribution in [0.25, 0.3) is 0 Å². The van der Waals surface area contributed by atoms with Crippen molar-refractivity contribution >= 4 is 11.6 Å². The van der Waals surface area contributed by atoms with E-state index in [0.29, 0.717) is 12.3 Å². The first kappa shape index (κ1) is 16.5. The lowest BCUT2D eigenvalue weighted by Crippen LogP contribution is -2.37. The van der Waals surface area contributed by atoms with E-state index >= 15 is 0 Å². The number of nitrogens with one attached hydrogen (secondary N) is 1. The van der Waals surface area contributed by atoms with Crippen LogP contribution >= 0.6 is 0 Å². The molecule has 1 aromatic carbocycles. The molecule has 0 heterocycles. The molecule has 1 aromatic rings. The first-order chi connectivity index (χ1) is 10.4. The Bertz CT molecular complexity index is 546. The second kappa shape index (κ2) is 6.96. The van der Waals surface area contributed by atoms with Crippen molar-refractivity contribution in [3.05, 3.63) is 29.8 Å². The van der Waals surface area contributed by atoms with E-state index in [0.717, 1.165) is 42.9 Å². The smallest absolute Gasteiger partial charge is 0.230 e. The molecular formula is C19H26N2O. The minimum Gasteiger partial charge on any atom is -0.326 e. The Kier molecular flexibility index (Phi) is 5.24. The predicted molar refractivity (Wildman–Crippen MR) is 89.3 cm³/mol. The molecule has 0 saturated heterocycles. The number of anilines is 1. The molecule has 2 rings (SSSR count). The van der Waals surface area contributed by atoms with Gasteiger partial charge in [-0.3, -0.25) is 4.79 Å². The second-order valence-corrected chi connectivity index (χ2v) is 7.13. The summed E-state index contributed by atoms with van der Waals surface area (Å²) in [6, 6.07) is 9.69. The number of carbonyl (C=O) groups is 1. The molecule has 0 aliphatic heterocycles. The molecule has 3 nitrogen and oxygen atoms in total. The number of carbonyl (C=O) groups excluding carboxylic acids is 1. The highest BCUT2D eigenvalue weighted by molar-refractivity contribution is 5.95. The molecule has 0 spiro atoms. The van der Waals surface area contributed by atoms with Gasteiger partial charge in [-0.25, -0.2) is 0 Å². The van der Waals surface area contributed by atoms with E-state index in [1.165, 1.54) is 0 Å². The van der Waals surface area contributed by atoms with Crippen LogP contribution in [-0.4, -0.2) is 5.91 Å². The molecule has 0 unspecified atom stereocenters. The summed E-state index contributed by atoms with van der Waals surface area (Å²) in [6.07, 6.45) is 4.62. The maximum absolute atomic E-state index is 12.6. The minimum absolute atomic E-state index is 0.128. The Hall–Kier alpha value is -1.82. The summed E-state index contributed by atoms with van der Waals surface area (Å²) in [6.45, 7) is 6.63. The summed E-state index contributed by atoms with van der Waals surface area (Å²) in [7, 11) is 0. The highest BCUT2D eigenvalue weighted by Gasteiger charge is 2.38. The third kappa shape index (κ3) is 3.88. The van der Waals surface area contributed by atoms with Crippen LogP contribution in [-0.2, 0) is 11.2 Å². The fourth-order valence-electron chi connectivity index (χ4n) is 3.25. The number of hydrogen-bond acceptors (Lipinski definition) is 2. The standard InChI is InChI=1S/C19H26N2O/c1-14(2)16-8-11-19(3,12-9-16)18(22)21-17-6-4-15(5-7-17)10-13-20/h4-7,14,16H,8-12H2,1-3H3,(H,21,22). The molecule has 1 amide bonds. The molecule has 0 atom stereocenters. The van der Waals surface area contributed by atoms with Gasteiger partial charge < -0.3 is 5.32 Å². The van der Waals surface area contributed by atoms with Crippen molar-refractivity contribution in [2.24, 2.45) is 17.3 Å². The molecule has 1 aliphatic rings. The minimum atomic E-state index is -0.253. The zero-order valence-corrected chi connectivity index (χ0v) is 13.9. The Labute approximate surface area is 133 Å². The van der Waals surface area contributed by atoms with Crippen LogP contribution in [0, 0.1) is 28.6 Å². The quantitative estimate of drug-likeness (QED) is 0.887. The van der Waals surface area contributed by atoms with Crippen LogP contribution < -0.4 is 5.32 Å². The van der Waals surface area contributed by atoms with Gasteiger partial charge >= 0.3 is 0 Å². The molecule has 0 radical (unpaired) electrons. The van der Waals surface area contributed by atoms with E-state index in [1.807, 2.05) is 24.3 Å². The topological polar surface area (TPSA) is 52.9 Å². The fraction of sp³-hybridized carbons (Fsp3) is 0.579. The number of benzene rings is 1.